The Morgan fingerprint density at radius 3 is 1.54 bits per heavy atom. The van der Waals surface area contributed by atoms with Crippen LogP contribution in [-0.2, 0) is 19.5 Å². The van der Waals surface area contributed by atoms with Gasteiger partial charge in [0, 0.05) is 38.5 Å². The molecule has 0 fully saturated rings. The predicted molar refractivity (Wildman–Crippen MR) is 137 cm³/mol. The van der Waals surface area contributed by atoms with E-state index in [0.717, 1.165) is 24.3 Å². The molecule has 4 rings (SSSR count). The van der Waals surface area contributed by atoms with Gasteiger partial charge in [0.2, 0.25) is 0 Å². The van der Waals surface area contributed by atoms with Crippen LogP contribution in [0.1, 0.15) is 41.4 Å². The standard InChI is InChI=1S/C26H18N2O12S2.4Na/c29-23(27-17-5-7-19(25(31)32)21(11-17)41-40-39-35)15-3-1-14-10-16(4-2-13(14)9-15)24(30)28-18-6-8-20(26(33)34)22(12-18)42(36,37)38;;;;/h1-12,35H,(H,27,29)(H,28,30)(H,31,32)(H,33,34)(H,36,37,38);;;;/q;4*+1/p-4. The van der Waals surface area contributed by atoms with Crippen molar-refractivity contribution < 1.29 is 175 Å². The second kappa shape index (κ2) is 20.0. The minimum absolute atomic E-state index is 0. The minimum Gasteiger partial charge on any atom is -0.744 e. The number of fused-ring (bicyclic) bond motifs is 1. The van der Waals surface area contributed by atoms with Gasteiger partial charge in [0.15, 0.2) is 0 Å². The van der Waals surface area contributed by atoms with Gasteiger partial charge in [-0.2, -0.15) is 4.33 Å². The first kappa shape index (κ1) is 45.2. The molecule has 0 unspecified atom stereocenters. The Kier molecular flexibility index (Phi) is 19.6. The zero-order valence-corrected chi connectivity index (χ0v) is 34.3. The molecule has 0 saturated heterocycles. The fraction of sp³-hybridized carbons (Fsp3) is 0. The molecule has 14 nitrogen and oxygen atoms in total. The molecule has 0 atom stereocenters. The average molecular weight is 702 g/mol. The van der Waals surface area contributed by atoms with Crippen molar-refractivity contribution in [2.24, 2.45) is 0 Å². The molecule has 0 radical (unpaired) electrons. The van der Waals surface area contributed by atoms with Gasteiger partial charge in [-0.25, -0.2) is 8.42 Å². The second-order valence-electron chi connectivity index (χ2n) is 8.36. The summed E-state index contributed by atoms with van der Waals surface area (Å²) in [4.78, 5) is 46.8. The second-order valence-corrected chi connectivity index (χ2v) is 10.4. The van der Waals surface area contributed by atoms with Crippen LogP contribution in [0.25, 0.3) is 10.8 Å². The first-order valence-corrected chi connectivity index (χ1v) is 13.5. The van der Waals surface area contributed by atoms with Crippen LogP contribution in [0.15, 0.2) is 82.6 Å². The van der Waals surface area contributed by atoms with Crippen LogP contribution in [0.2, 0.25) is 0 Å². The molecule has 0 spiro atoms. The monoisotopic (exact) mass is 702 g/mol. The largest absolute Gasteiger partial charge is 1.00 e. The quantitative estimate of drug-likeness (QED) is 0.0514. The number of nitrogens with one attached hydrogen (secondary N) is 2. The maximum Gasteiger partial charge on any atom is 1.00 e. The van der Waals surface area contributed by atoms with Gasteiger partial charge in [-0.3, -0.25) is 14.6 Å². The van der Waals surface area contributed by atoms with E-state index in [-0.39, 0.29) is 151 Å². The van der Waals surface area contributed by atoms with Gasteiger partial charge in [0.05, 0.1) is 28.9 Å². The van der Waals surface area contributed by atoms with E-state index in [9.17, 15) is 47.6 Å². The number of carboxylic acids is 2. The first-order chi connectivity index (χ1) is 19.9. The van der Waals surface area contributed by atoms with Gasteiger partial charge >= 0.3 is 118 Å². The fourth-order valence-corrected chi connectivity index (χ4v) is 5.01. The number of hydrogen-bond acceptors (Lipinski definition) is 13. The van der Waals surface area contributed by atoms with E-state index in [1.54, 1.807) is 6.07 Å². The summed E-state index contributed by atoms with van der Waals surface area (Å²) in [5.41, 5.74) is -0.784. The minimum atomic E-state index is -5.18. The average Bonchev–Trinajstić information content (AvgIpc) is 2.94. The third-order valence-electron chi connectivity index (χ3n) is 5.70. The van der Waals surface area contributed by atoms with Crippen LogP contribution in [-0.4, -0.2) is 36.7 Å². The number of aromatic carboxylic acids is 2. The van der Waals surface area contributed by atoms with Crippen molar-refractivity contribution in [1.82, 2.24) is 0 Å². The number of anilines is 2. The van der Waals surface area contributed by atoms with Gasteiger partial charge in [-0.1, -0.05) is 12.1 Å². The van der Waals surface area contributed by atoms with E-state index in [4.69, 9.17) is 0 Å². The van der Waals surface area contributed by atoms with E-state index in [1.807, 2.05) is 0 Å². The van der Waals surface area contributed by atoms with Crippen molar-refractivity contribution in [1.29, 1.82) is 0 Å². The fourth-order valence-electron chi connectivity index (χ4n) is 3.80. The molecule has 2 amide bonds. The molecular weight excluding hydrogens is 688 g/mol. The van der Waals surface area contributed by atoms with Crippen LogP contribution in [0.4, 0.5) is 11.4 Å². The summed E-state index contributed by atoms with van der Waals surface area (Å²) in [6.07, 6.45) is 0. The van der Waals surface area contributed by atoms with E-state index in [1.165, 1.54) is 42.5 Å². The molecule has 0 bridgehead atoms. The van der Waals surface area contributed by atoms with E-state index < -0.39 is 44.3 Å². The number of hydrogen-bond donors (Lipinski definition) is 2. The van der Waals surface area contributed by atoms with Crippen molar-refractivity contribution in [2.75, 3.05) is 10.6 Å². The molecule has 4 aromatic rings. The molecule has 2 N–H and O–H groups in total. The molecule has 216 valence electrons. The Hall–Kier alpha value is -0.840. The number of benzene rings is 4. The summed E-state index contributed by atoms with van der Waals surface area (Å²) < 4.78 is 38.5. The zero-order chi connectivity index (χ0) is 30.6. The Morgan fingerprint density at radius 2 is 1.11 bits per heavy atom. The van der Waals surface area contributed by atoms with E-state index in [0.29, 0.717) is 22.8 Å². The summed E-state index contributed by atoms with van der Waals surface area (Å²) in [6.45, 7) is 0. The number of carbonyl (C=O) groups is 4. The first-order valence-electron chi connectivity index (χ1n) is 11.3. The molecule has 0 heterocycles. The number of carbonyl (C=O) groups excluding carboxylic acids is 4. The van der Waals surface area contributed by atoms with Crippen molar-refractivity contribution in [3.05, 3.63) is 95.1 Å². The third-order valence-corrected chi connectivity index (χ3v) is 7.22. The van der Waals surface area contributed by atoms with Crippen molar-refractivity contribution >= 4 is 68.1 Å². The molecule has 0 aliphatic heterocycles. The molecule has 0 saturated carbocycles. The summed E-state index contributed by atoms with van der Waals surface area (Å²) >= 11 is 0.315. The van der Waals surface area contributed by atoms with Crippen molar-refractivity contribution in [3.8, 4) is 0 Å². The van der Waals surface area contributed by atoms with E-state index in [2.05, 4.69) is 20.0 Å². The molecule has 0 aliphatic rings. The van der Waals surface area contributed by atoms with Crippen molar-refractivity contribution in [3.63, 3.8) is 0 Å². The van der Waals surface area contributed by atoms with Gasteiger partial charge < -0.3 is 40.2 Å². The smallest absolute Gasteiger partial charge is 0.744 e. The third kappa shape index (κ3) is 11.6. The summed E-state index contributed by atoms with van der Waals surface area (Å²) in [5.74, 6) is -4.68. The van der Waals surface area contributed by atoms with Crippen LogP contribution in [0.5, 0.6) is 0 Å². The van der Waals surface area contributed by atoms with Crippen molar-refractivity contribution in [2.45, 2.75) is 9.79 Å². The maximum atomic E-state index is 12.8. The Labute approximate surface area is 354 Å². The molecule has 46 heavy (non-hydrogen) atoms. The Bertz CT molecular complexity index is 1880. The Morgan fingerprint density at radius 1 is 0.652 bits per heavy atom. The topological polar surface area (TPSA) is 237 Å². The molecule has 4 aromatic carbocycles. The summed E-state index contributed by atoms with van der Waals surface area (Å²) in [7, 11) is -5.18. The SMILES string of the molecule is O=C(Nc1ccc(C(=O)[O-])c(SOO[O-])c1)c1ccc2cc(C(=O)Nc3ccc(C(=O)[O-])c(S(=O)(=O)[O-])c3)ccc2c1.[Na+].[Na+].[Na+].[Na+]. The van der Waals surface area contributed by atoms with Crippen LogP contribution >= 0.6 is 12.0 Å². The number of amides is 2. The molecule has 20 heteroatoms. The Balaban J connectivity index is 0.00000506. The maximum absolute atomic E-state index is 12.8. The van der Waals surface area contributed by atoms with Gasteiger partial charge in [0.1, 0.15) is 10.1 Å². The normalized spacial score (nSPS) is 10.2. The van der Waals surface area contributed by atoms with E-state index >= 15 is 0 Å². The van der Waals surface area contributed by atoms with Gasteiger partial charge in [-0.15, -0.1) is 0 Å². The van der Waals surface area contributed by atoms with Gasteiger partial charge in [0.25, 0.3) is 11.8 Å². The number of carboxylic acid groups (broad SMARTS) is 2. The molecule has 0 aromatic heterocycles. The molecule has 0 aliphatic carbocycles. The summed E-state index contributed by atoms with van der Waals surface area (Å²) in [5, 5.41) is 41.8. The predicted octanol–water partition coefficient (Wildman–Crippen LogP) is -11.8. The van der Waals surface area contributed by atoms with Crippen LogP contribution in [0, 0.1) is 0 Å². The summed E-state index contributed by atoms with van der Waals surface area (Å²) in [6, 6.07) is 15.3. The van der Waals surface area contributed by atoms with Crippen LogP contribution in [0.3, 0.4) is 0 Å². The molecular formula is C26H14N2Na4O12S2. The zero-order valence-electron chi connectivity index (χ0n) is 24.6. The van der Waals surface area contributed by atoms with Crippen LogP contribution < -0.4 is 144 Å². The number of rotatable bonds is 10. The van der Waals surface area contributed by atoms with Gasteiger partial charge in [-0.05, 0) is 71.4 Å².